The Kier molecular flexibility index (Phi) is 6.21. The predicted molar refractivity (Wildman–Crippen MR) is 131 cm³/mol. The maximum atomic E-state index is 13.0. The lowest BCUT2D eigenvalue weighted by Crippen LogP contribution is -2.51. The van der Waals surface area contributed by atoms with Crippen LogP contribution in [0.15, 0.2) is 54.9 Å². The van der Waals surface area contributed by atoms with E-state index in [2.05, 4.69) is 15.2 Å². The van der Waals surface area contributed by atoms with Gasteiger partial charge in [-0.25, -0.2) is 0 Å². The second-order valence-corrected chi connectivity index (χ2v) is 9.84. The molecule has 3 aromatic rings. The number of benzene rings is 1. The molecule has 34 heavy (non-hydrogen) atoms. The van der Waals surface area contributed by atoms with Gasteiger partial charge in [0.1, 0.15) is 6.54 Å². The fourth-order valence-corrected chi connectivity index (χ4v) is 5.23. The van der Waals surface area contributed by atoms with Gasteiger partial charge in [-0.2, -0.15) is 0 Å². The fourth-order valence-electron chi connectivity index (χ4n) is 4.29. The highest BCUT2D eigenvalue weighted by molar-refractivity contribution is 7.18. The summed E-state index contributed by atoms with van der Waals surface area (Å²) in [5.74, 6) is -0.553. The number of carbonyl (C=O) groups is 3. The van der Waals surface area contributed by atoms with Gasteiger partial charge in [-0.15, -0.1) is 11.3 Å². The van der Waals surface area contributed by atoms with Gasteiger partial charge < -0.3 is 20.0 Å². The summed E-state index contributed by atoms with van der Waals surface area (Å²) < 4.78 is 0.532. The Hall–Kier alpha value is -3.43. The molecule has 1 saturated heterocycles. The van der Waals surface area contributed by atoms with Crippen LogP contribution in [0.4, 0.5) is 11.4 Å². The number of carbonyl (C=O) groups excluding carboxylic acids is 3. The van der Waals surface area contributed by atoms with Crippen LogP contribution in [0.25, 0.3) is 0 Å². The standard InChI is InChI=1S/C24H22ClN5O3S/c25-21-5-4-20(34-21)23(32)27-19-3-1-2-17-18(19)14-30(24(17)33)15-22(31)29-12-10-28(11-13-29)16-6-8-26-9-7-16/h1-9H,10-15H2,(H,27,32). The zero-order chi connectivity index (χ0) is 23.7. The van der Waals surface area contributed by atoms with Crippen LogP contribution < -0.4 is 10.2 Å². The van der Waals surface area contributed by atoms with Gasteiger partial charge in [0.2, 0.25) is 5.91 Å². The van der Waals surface area contributed by atoms with Gasteiger partial charge in [0, 0.05) is 67.6 Å². The molecule has 0 saturated carbocycles. The van der Waals surface area contributed by atoms with Crippen LogP contribution in [0, 0.1) is 0 Å². The zero-order valence-electron chi connectivity index (χ0n) is 18.2. The Labute approximate surface area is 205 Å². The molecule has 0 unspecified atom stereocenters. The van der Waals surface area contributed by atoms with E-state index in [0.717, 1.165) is 24.3 Å². The number of pyridine rings is 1. The van der Waals surface area contributed by atoms with E-state index >= 15 is 0 Å². The molecule has 174 valence electrons. The Bertz CT molecular complexity index is 1240. The number of fused-ring (bicyclic) bond motifs is 1. The lowest BCUT2D eigenvalue weighted by atomic mass is 10.1. The van der Waals surface area contributed by atoms with Gasteiger partial charge in [-0.3, -0.25) is 19.4 Å². The quantitative estimate of drug-likeness (QED) is 0.586. The number of amides is 3. The largest absolute Gasteiger partial charge is 0.368 e. The molecule has 1 N–H and O–H groups in total. The van der Waals surface area contributed by atoms with E-state index in [1.165, 1.54) is 11.3 Å². The molecule has 0 radical (unpaired) electrons. The maximum Gasteiger partial charge on any atom is 0.265 e. The lowest BCUT2D eigenvalue weighted by molar-refractivity contribution is -0.132. The van der Waals surface area contributed by atoms with Crippen LogP contribution in [-0.4, -0.2) is 65.2 Å². The van der Waals surface area contributed by atoms with Crippen LogP contribution in [-0.2, 0) is 11.3 Å². The number of piperazine rings is 1. The van der Waals surface area contributed by atoms with Crippen molar-refractivity contribution in [3.05, 3.63) is 75.2 Å². The molecule has 0 bridgehead atoms. The fraction of sp³-hybridized carbons (Fsp3) is 0.250. The molecule has 2 aromatic heterocycles. The Morgan fingerprint density at radius 2 is 1.79 bits per heavy atom. The van der Waals surface area contributed by atoms with Crippen LogP contribution in [0.1, 0.15) is 25.6 Å². The second kappa shape index (κ2) is 9.44. The Morgan fingerprint density at radius 3 is 2.50 bits per heavy atom. The van der Waals surface area contributed by atoms with Crippen molar-refractivity contribution in [2.75, 3.05) is 42.9 Å². The van der Waals surface area contributed by atoms with Crippen molar-refractivity contribution in [2.24, 2.45) is 0 Å². The third-order valence-corrected chi connectivity index (χ3v) is 7.30. The van der Waals surface area contributed by atoms with Crippen molar-refractivity contribution < 1.29 is 14.4 Å². The molecular weight excluding hydrogens is 474 g/mol. The minimum Gasteiger partial charge on any atom is -0.368 e. The van der Waals surface area contributed by atoms with E-state index in [-0.39, 0.29) is 30.8 Å². The number of nitrogens with zero attached hydrogens (tertiary/aromatic N) is 4. The first kappa shape index (κ1) is 22.4. The average molecular weight is 496 g/mol. The van der Waals surface area contributed by atoms with Crippen molar-refractivity contribution in [1.82, 2.24) is 14.8 Å². The van der Waals surface area contributed by atoms with Crippen molar-refractivity contribution in [2.45, 2.75) is 6.54 Å². The number of hydrogen-bond acceptors (Lipinski definition) is 6. The minimum absolute atomic E-state index is 0.0106. The number of thiophene rings is 1. The molecule has 5 rings (SSSR count). The molecule has 2 aliphatic rings. The monoisotopic (exact) mass is 495 g/mol. The third kappa shape index (κ3) is 4.49. The number of hydrogen-bond donors (Lipinski definition) is 1. The normalized spacial score (nSPS) is 15.4. The smallest absolute Gasteiger partial charge is 0.265 e. The van der Waals surface area contributed by atoms with E-state index < -0.39 is 0 Å². The summed E-state index contributed by atoms with van der Waals surface area (Å²) in [6, 6.07) is 12.5. The molecule has 0 atom stereocenters. The van der Waals surface area contributed by atoms with Crippen LogP contribution in [0.3, 0.4) is 0 Å². The lowest BCUT2D eigenvalue weighted by Gasteiger charge is -2.36. The Balaban J connectivity index is 1.21. The van der Waals surface area contributed by atoms with Crippen molar-refractivity contribution >= 4 is 52.0 Å². The van der Waals surface area contributed by atoms with Crippen LogP contribution >= 0.6 is 22.9 Å². The number of rotatable bonds is 5. The van der Waals surface area contributed by atoms with Gasteiger partial charge in [-0.1, -0.05) is 17.7 Å². The number of anilines is 2. The van der Waals surface area contributed by atoms with E-state index in [0.29, 0.717) is 33.6 Å². The summed E-state index contributed by atoms with van der Waals surface area (Å²) in [6.07, 6.45) is 3.52. The molecule has 4 heterocycles. The summed E-state index contributed by atoms with van der Waals surface area (Å²) in [4.78, 5) is 48.6. The van der Waals surface area contributed by atoms with E-state index in [1.807, 2.05) is 12.1 Å². The van der Waals surface area contributed by atoms with Crippen molar-refractivity contribution in [3.63, 3.8) is 0 Å². The van der Waals surface area contributed by atoms with E-state index in [9.17, 15) is 14.4 Å². The third-order valence-electron chi connectivity index (χ3n) is 6.07. The van der Waals surface area contributed by atoms with E-state index in [1.54, 1.807) is 52.5 Å². The summed E-state index contributed by atoms with van der Waals surface area (Å²) >= 11 is 7.13. The SMILES string of the molecule is O=C(Nc1cccc2c1CN(CC(=O)N1CCN(c3ccncc3)CC1)C2=O)c1ccc(Cl)s1. The number of nitrogens with one attached hydrogen (secondary N) is 1. The van der Waals surface area contributed by atoms with Gasteiger partial charge in [0.25, 0.3) is 11.8 Å². The highest BCUT2D eigenvalue weighted by Gasteiger charge is 2.32. The highest BCUT2D eigenvalue weighted by Crippen LogP contribution is 2.30. The molecule has 1 aromatic carbocycles. The average Bonchev–Trinajstić information content (AvgIpc) is 3.44. The first-order valence-electron chi connectivity index (χ1n) is 10.9. The topological polar surface area (TPSA) is 85.8 Å². The molecule has 10 heteroatoms. The van der Waals surface area contributed by atoms with Crippen LogP contribution in [0.5, 0.6) is 0 Å². The molecule has 0 spiro atoms. The zero-order valence-corrected chi connectivity index (χ0v) is 19.8. The summed E-state index contributed by atoms with van der Waals surface area (Å²) in [6.45, 7) is 2.94. The Morgan fingerprint density at radius 1 is 1.03 bits per heavy atom. The summed E-state index contributed by atoms with van der Waals surface area (Å²) in [7, 11) is 0. The van der Waals surface area contributed by atoms with Gasteiger partial charge in [0.05, 0.1) is 9.21 Å². The maximum absolute atomic E-state index is 13.0. The molecule has 1 fully saturated rings. The van der Waals surface area contributed by atoms with E-state index in [4.69, 9.17) is 11.6 Å². The van der Waals surface area contributed by atoms with Crippen LogP contribution in [0.2, 0.25) is 4.34 Å². The van der Waals surface area contributed by atoms with Gasteiger partial charge in [0.15, 0.2) is 0 Å². The summed E-state index contributed by atoms with van der Waals surface area (Å²) in [5, 5.41) is 2.88. The molecule has 2 aliphatic heterocycles. The molecular formula is C24H22ClN5O3S. The van der Waals surface area contributed by atoms with Crippen molar-refractivity contribution in [1.29, 1.82) is 0 Å². The first-order valence-corrected chi connectivity index (χ1v) is 12.1. The molecule has 0 aliphatic carbocycles. The summed E-state index contributed by atoms with van der Waals surface area (Å²) in [5.41, 5.74) is 2.89. The molecule has 3 amide bonds. The number of halogens is 1. The van der Waals surface area contributed by atoms with Gasteiger partial charge in [-0.05, 0) is 36.4 Å². The van der Waals surface area contributed by atoms with Gasteiger partial charge >= 0.3 is 0 Å². The minimum atomic E-state index is -0.278. The predicted octanol–water partition coefficient (Wildman–Crippen LogP) is 3.35. The highest BCUT2D eigenvalue weighted by atomic mass is 35.5. The molecule has 8 nitrogen and oxygen atoms in total. The first-order chi connectivity index (χ1) is 16.5. The van der Waals surface area contributed by atoms with Crippen molar-refractivity contribution in [3.8, 4) is 0 Å². The second-order valence-electron chi connectivity index (χ2n) is 8.12. The number of aromatic nitrogens is 1.